The van der Waals surface area contributed by atoms with Crippen LogP contribution in [0, 0.1) is 19.8 Å². The predicted octanol–water partition coefficient (Wildman–Crippen LogP) is 3.37. The van der Waals surface area contributed by atoms with Gasteiger partial charge in [-0.15, -0.1) is 11.8 Å². The SMILES string of the molecule is Cc1ccc(SCC(=O)C2CC2)c(C)c1. The molecule has 0 atom stereocenters. The van der Waals surface area contributed by atoms with E-state index in [0.29, 0.717) is 17.5 Å². The Morgan fingerprint density at radius 1 is 1.40 bits per heavy atom. The lowest BCUT2D eigenvalue weighted by Gasteiger charge is -2.05. The first-order chi connectivity index (χ1) is 7.16. The quantitative estimate of drug-likeness (QED) is 0.724. The van der Waals surface area contributed by atoms with E-state index >= 15 is 0 Å². The Hall–Kier alpha value is -0.760. The minimum absolute atomic E-state index is 0.392. The van der Waals surface area contributed by atoms with Crippen LogP contribution in [-0.2, 0) is 4.79 Å². The molecular formula is C13H16OS. The molecule has 0 radical (unpaired) electrons. The van der Waals surface area contributed by atoms with Crippen molar-refractivity contribution in [2.24, 2.45) is 5.92 Å². The fraction of sp³-hybridized carbons (Fsp3) is 0.462. The Kier molecular flexibility index (Phi) is 3.15. The van der Waals surface area contributed by atoms with Crippen LogP contribution in [0.1, 0.15) is 24.0 Å². The topological polar surface area (TPSA) is 17.1 Å². The average molecular weight is 220 g/mol. The summed E-state index contributed by atoms with van der Waals surface area (Å²) in [7, 11) is 0. The predicted molar refractivity (Wildman–Crippen MR) is 64.4 cm³/mol. The number of hydrogen-bond donors (Lipinski definition) is 0. The highest BCUT2D eigenvalue weighted by molar-refractivity contribution is 8.00. The molecule has 1 nitrogen and oxygen atoms in total. The summed E-state index contributed by atoms with van der Waals surface area (Å²) in [5.74, 6) is 1.47. The molecule has 0 bridgehead atoms. The monoisotopic (exact) mass is 220 g/mol. The smallest absolute Gasteiger partial charge is 0.146 e. The molecule has 1 fully saturated rings. The number of rotatable bonds is 4. The summed E-state index contributed by atoms with van der Waals surface area (Å²) in [6, 6.07) is 6.40. The highest BCUT2D eigenvalue weighted by atomic mass is 32.2. The van der Waals surface area contributed by atoms with Crippen LogP contribution in [-0.4, -0.2) is 11.5 Å². The van der Waals surface area contributed by atoms with Gasteiger partial charge in [-0.25, -0.2) is 0 Å². The van der Waals surface area contributed by atoms with E-state index in [1.54, 1.807) is 11.8 Å². The van der Waals surface area contributed by atoms with Gasteiger partial charge in [0.1, 0.15) is 5.78 Å². The fourth-order valence-electron chi connectivity index (χ4n) is 1.63. The molecule has 0 saturated heterocycles. The van der Waals surface area contributed by atoms with Gasteiger partial charge in [0, 0.05) is 10.8 Å². The normalized spacial score (nSPS) is 15.3. The summed E-state index contributed by atoms with van der Waals surface area (Å²) in [6.45, 7) is 4.20. The van der Waals surface area contributed by atoms with Crippen LogP contribution in [0.3, 0.4) is 0 Å². The summed E-state index contributed by atoms with van der Waals surface area (Å²) < 4.78 is 0. The zero-order valence-electron chi connectivity index (χ0n) is 9.25. The molecule has 2 heteroatoms. The molecule has 0 aromatic heterocycles. The van der Waals surface area contributed by atoms with Gasteiger partial charge in [-0.2, -0.15) is 0 Å². The minimum Gasteiger partial charge on any atom is -0.298 e. The Morgan fingerprint density at radius 3 is 2.73 bits per heavy atom. The molecule has 1 aromatic carbocycles. The summed E-state index contributed by atoms with van der Waals surface area (Å²) in [6.07, 6.45) is 2.23. The molecule has 0 N–H and O–H groups in total. The van der Waals surface area contributed by atoms with Crippen molar-refractivity contribution in [3.63, 3.8) is 0 Å². The third kappa shape index (κ3) is 2.85. The Morgan fingerprint density at radius 2 is 2.13 bits per heavy atom. The van der Waals surface area contributed by atoms with Crippen molar-refractivity contribution in [2.75, 3.05) is 5.75 Å². The van der Waals surface area contributed by atoms with Crippen molar-refractivity contribution in [3.05, 3.63) is 29.3 Å². The molecule has 0 amide bonds. The highest BCUT2D eigenvalue weighted by Gasteiger charge is 2.28. The number of benzene rings is 1. The molecule has 0 unspecified atom stereocenters. The standard InChI is InChI=1S/C13H16OS/c1-9-3-6-13(10(2)7-9)15-8-12(14)11-4-5-11/h3,6-7,11H,4-5,8H2,1-2H3. The van der Waals surface area contributed by atoms with Gasteiger partial charge >= 0.3 is 0 Å². The van der Waals surface area contributed by atoms with Crippen molar-refractivity contribution < 1.29 is 4.79 Å². The maximum Gasteiger partial charge on any atom is 0.146 e. The van der Waals surface area contributed by atoms with E-state index in [0.717, 1.165) is 12.8 Å². The second kappa shape index (κ2) is 4.40. The molecule has 1 aromatic rings. The van der Waals surface area contributed by atoms with E-state index in [1.807, 2.05) is 0 Å². The van der Waals surface area contributed by atoms with E-state index < -0.39 is 0 Å². The summed E-state index contributed by atoms with van der Waals surface area (Å²) in [5.41, 5.74) is 2.56. The third-order valence-corrected chi connectivity index (χ3v) is 3.93. The summed E-state index contributed by atoms with van der Waals surface area (Å²) in [4.78, 5) is 12.8. The lowest BCUT2D eigenvalue weighted by Crippen LogP contribution is -2.03. The van der Waals surface area contributed by atoms with Crippen LogP contribution in [0.25, 0.3) is 0 Å². The number of ketones is 1. The number of aryl methyl sites for hydroxylation is 2. The van der Waals surface area contributed by atoms with Crippen molar-refractivity contribution >= 4 is 17.5 Å². The first-order valence-electron chi connectivity index (χ1n) is 5.39. The molecule has 1 aliphatic rings. The van der Waals surface area contributed by atoms with Crippen LogP contribution in [0.4, 0.5) is 0 Å². The first-order valence-corrected chi connectivity index (χ1v) is 6.38. The number of thioether (sulfide) groups is 1. The Labute approximate surface area is 95.3 Å². The van der Waals surface area contributed by atoms with E-state index in [-0.39, 0.29) is 0 Å². The molecule has 0 aliphatic heterocycles. The maximum absolute atomic E-state index is 11.5. The van der Waals surface area contributed by atoms with Gasteiger partial charge < -0.3 is 0 Å². The Bertz CT molecular complexity index is 380. The minimum atomic E-state index is 0.392. The zero-order chi connectivity index (χ0) is 10.8. The van der Waals surface area contributed by atoms with Gasteiger partial charge in [0.15, 0.2) is 0 Å². The lowest BCUT2D eigenvalue weighted by molar-refractivity contribution is -0.117. The molecule has 15 heavy (non-hydrogen) atoms. The third-order valence-electron chi connectivity index (χ3n) is 2.73. The van der Waals surface area contributed by atoms with Crippen molar-refractivity contribution in [3.8, 4) is 0 Å². The van der Waals surface area contributed by atoms with Gasteiger partial charge in [0.05, 0.1) is 5.75 Å². The highest BCUT2D eigenvalue weighted by Crippen LogP contribution is 2.32. The molecule has 0 heterocycles. The second-order valence-corrected chi connectivity index (χ2v) is 5.32. The van der Waals surface area contributed by atoms with Gasteiger partial charge in [-0.05, 0) is 38.3 Å². The molecular weight excluding hydrogens is 204 g/mol. The van der Waals surface area contributed by atoms with Crippen LogP contribution in [0.15, 0.2) is 23.1 Å². The van der Waals surface area contributed by atoms with Gasteiger partial charge in [0.25, 0.3) is 0 Å². The zero-order valence-corrected chi connectivity index (χ0v) is 10.1. The first kappa shape index (κ1) is 10.7. The molecule has 2 rings (SSSR count). The van der Waals surface area contributed by atoms with Gasteiger partial charge in [0.2, 0.25) is 0 Å². The van der Waals surface area contributed by atoms with Crippen LogP contribution >= 0.6 is 11.8 Å². The molecule has 80 valence electrons. The molecule has 0 spiro atoms. The van der Waals surface area contributed by atoms with Crippen LogP contribution < -0.4 is 0 Å². The number of carbonyl (C=O) groups excluding carboxylic acids is 1. The fourth-order valence-corrected chi connectivity index (χ4v) is 2.62. The average Bonchev–Trinajstić information content (AvgIpc) is 2.99. The summed E-state index contributed by atoms with van der Waals surface area (Å²) >= 11 is 1.68. The number of Topliss-reactive ketones (excluding diaryl/α,β-unsaturated/α-hetero) is 1. The Balaban J connectivity index is 1.95. The van der Waals surface area contributed by atoms with Crippen molar-refractivity contribution in [1.29, 1.82) is 0 Å². The van der Waals surface area contributed by atoms with Crippen molar-refractivity contribution in [2.45, 2.75) is 31.6 Å². The second-order valence-electron chi connectivity index (χ2n) is 4.30. The maximum atomic E-state index is 11.5. The summed E-state index contributed by atoms with van der Waals surface area (Å²) in [5, 5.41) is 0. The van der Waals surface area contributed by atoms with Crippen molar-refractivity contribution in [1.82, 2.24) is 0 Å². The molecule has 1 aliphatic carbocycles. The van der Waals surface area contributed by atoms with E-state index in [2.05, 4.69) is 32.0 Å². The van der Waals surface area contributed by atoms with E-state index in [9.17, 15) is 4.79 Å². The number of carbonyl (C=O) groups is 1. The van der Waals surface area contributed by atoms with Crippen LogP contribution in [0.5, 0.6) is 0 Å². The van der Waals surface area contributed by atoms with Crippen LogP contribution in [0.2, 0.25) is 0 Å². The van der Waals surface area contributed by atoms with Gasteiger partial charge in [-0.3, -0.25) is 4.79 Å². The largest absolute Gasteiger partial charge is 0.298 e. The van der Waals surface area contributed by atoms with E-state index in [4.69, 9.17) is 0 Å². The van der Waals surface area contributed by atoms with Gasteiger partial charge in [-0.1, -0.05) is 17.7 Å². The lowest BCUT2D eigenvalue weighted by atomic mass is 10.2. The number of hydrogen-bond acceptors (Lipinski definition) is 2. The van der Waals surface area contributed by atoms with E-state index in [1.165, 1.54) is 16.0 Å². The molecule has 1 saturated carbocycles.